The number of alkyl halides is 3. The second kappa shape index (κ2) is 7.29. The van der Waals surface area contributed by atoms with Crippen molar-refractivity contribution in [2.75, 3.05) is 5.32 Å². The van der Waals surface area contributed by atoms with Gasteiger partial charge in [-0.15, -0.1) is 11.3 Å². The van der Waals surface area contributed by atoms with E-state index < -0.39 is 27.6 Å². The summed E-state index contributed by atoms with van der Waals surface area (Å²) in [6.07, 6.45) is -4.79. The minimum Gasteiger partial charge on any atom is -0.319 e. The topological polar surface area (TPSA) is 85.1 Å². The number of amides is 1. The number of halogens is 6. The number of hydrogen-bond donors (Lipinski definition) is 1. The second-order valence-electron chi connectivity index (χ2n) is 4.50. The molecule has 1 aromatic carbocycles. The van der Waals surface area contributed by atoms with Gasteiger partial charge in [0.2, 0.25) is 0 Å². The summed E-state index contributed by atoms with van der Waals surface area (Å²) in [7, 11) is 0. The average Bonchev–Trinajstić information content (AvgIpc) is 2.84. The van der Waals surface area contributed by atoms with Crippen LogP contribution in [0.25, 0.3) is 0 Å². The number of carbonyl (C=O) groups is 1. The molecular weight excluding hydrogens is 563 g/mol. The third kappa shape index (κ3) is 4.20. The highest BCUT2D eigenvalue weighted by Crippen LogP contribution is 2.43. The Morgan fingerprint density at radius 2 is 1.92 bits per heavy atom. The van der Waals surface area contributed by atoms with Crippen molar-refractivity contribution >= 4 is 76.4 Å². The molecule has 0 radical (unpaired) electrons. The number of benzene rings is 1. The standard InChI is InChI=1S/C12H5Br3F3N3O3S/c1-3-19-10(12(16,17)18)9(25-3)11(22)20-7-4(13)2-5(14)8(6(7)15)21(23)24/h2H,1H3,(H,20,22). The molecule has 0 unspecified atom stereocenters. The Balaban J connectivity index is 2.50. The highest BCUT2D eigenvalue weighted by Gasteiger charge is 2.39. The van der Waals surface area contributed by atoms with Crippen LogP contribution in [0.1, 0.15) is 20.4 Å². The van der Waals surface area contributed by atoms with Crippen molar-refractivity contribution in [3.8, 4) is 0 Å². The van der Waals surface area contributed by atoms with Gasteiger partial charge in [0, 0.05) is 4.47 Å². The second-order valence-corrected chi connectivity index (χ2v) is 8.20. The smallest absolute Gasteiger partial charge is 0.319 e. The lowest BCUT2D eigenvalue weighted by Gasteiger charge is -2.11. The molecule has 0 saturated heterocycles. The third-order valence-corrected chi connectivity index (χ3v) is 5.75. The summed E-state index contributed by atoms with van der Waals surface area (Å²) in [5, 5.41) is 13.4. The van der Waals surface area contributed by atoms with Crippen LogP contribution in [0.15, 0.2) is 19.5 Å². The van der Waals surface area contributed by atoms with Crippen molar-refractivity contribution in [1.82, 2.24) is 4.98 Å². The van der Waals surface area contributed by atoms with Crippen molar-refractivity contribution in [3.63, 3.8) is 0 Å². The molecule has 0 spiro atoms. The van der Waals surface area contributed by atoms with E-state index in [9.17, 15) is 28.1 Å². The van der Waals surface area contributed by atoms with E-state index >= 15 is 0 Å². The molecule has 25 heavy (non-hydrogen) atoms. The van der Waals surface area contributed by atoms with Crippen LogP contribution in [0.4, 0.5) is 24.5 Å². The maximum atomic E-state index is 13.0. The minimum absolute atomic E-state index is 0.0670. The molecule has 0 bridgehead atoms. The monoisotopic (exact) mass is 565 g/mol. The summed E-state index contributed by atoms with van der Waals surface area (Å²) in [4.78, 5) is 25.4. The fourth-order valence-corrected chi connectivity index (χ4v) is 5.25. The molecule has 1 N–H and O–H groups in total. The molecule has 0 atom stereocenters. The van der Waals surface area contributed by atoms with Crippen LogP contribution in [0.5, 0.6) is 0 Å². The van der Waals surface area contributed by atoms with Crippen molar-refractivity contribution in [2.24, 2.45) is 0 Å². The first kappa shape index (κ1) is 20.3. The summed E-state index contributed by atoms with van der Waals surface area (Å²) >= 11 is 9.70. The van der Waals surface area contributed by atoms with Gasteiger partial charge >= 0.3 is 6.18 Å². The minimum atomic E-state index is -4.79. The molecule has 6 nitrogen and oxygen atoms in total. The van der Waals surface area contributed by atoms with E-state index in [0.717, 1.165) is 0 Å². The Kier molecular flexibility index (Phi) is 5.91. The lowest BCUT2D eigenvalue weighted by molar-refractivity contribution is -0.386. The zero-order chi connectivity index (χ0) is 19.1. The number of carbonyl (C=O) groups excluding carboxylic acids is 1. The molecule has 0 fully saturated rings. The van der Waals surface area contributed by atoms with E-state index in [2.05, 4.69) is 58.1 Å². The van der Waals surface area contributed by atoms with Crippen LogP contribution in [-0.4, -0.2) is 15.8 Å². The molecule has 1 amide bonds. The van der Waals surface area contributed by atoms with Gasteiger partial charge in [-0.3, -0.25) is 14.9 Å². The zero-order valence-electron chi connectivity index (χ0n) is 11.9. The Hall–Kier alpha value is -1.05. The molecule has 2 rings (SSSR count). The summed E-state index contributed by atoms with van der Waals surface area (Å²) in [5.41, 5.74) is -1.75. The van der Waals surface area contributed by atoms with E-state index in [-0.39, 0.29) is 29.8 Å². The molecule has 2 aromatic rings. The number of nitrogens with zero attached hydrogens (tertiary/aromatic N) is 2. The molecule has 1 aromatic heterocycles. The van der Waals surface area contributed by atoms with Crippen LogP contribution >= 0.6 is 59.1 Å². The lowest BCUT2D eigenvalue weighted by atomic mass is 10.2. The fraction of sp³-hybridized carbons (Fsp3) is 0.167. The average molecular weight is 568 g/mol. The largest absolute Gasteiger partial charge is 0.435 e. The molecule has 13 heteroatoms. The lowest BCUT2D eigenvalue weighted by Crippen LogP contribution is -2.18. The maximum absolute atomic E-state index is 13.0. The number of anilines is 1. The van der Waals surface area contributed by atoms with Crippen LogP contribution in [-0.2, 0) is 6.18 Å². The van der Waals surface area contributed by atoms with E-state index in [1.165, 1.54) is 13.0 Å². The summed E-state index contributed by atoms with van der Waals surface area (Å²) < 4.78 is 39.2. The first-order valence-corrected chi connectivity index (χ1v) is 9.31. The van der Waals surface area contributed by atoms with E-state index in [1.807, 2.05) is 0 Å². The van der Waals surface area contributed by atoms with Gasteiger partial charge in [0.1, 0.15) is 9.35 Å². The van der Waals surface area contributed by atoms with Gasteiger partial charge in [-0.2, -0.15) is 13.2 Å². The summed E-state index contributed by atoms with van der Waals surface area (Å²) in [5.74, 6) is -1.07. The van der Waals surface area contributed by atoms with E-state index in [0.29, 0.717) is 11.3 Å². The first-order chi connectivity index (χ1) is 11.4. The van der Waals surface area contributed by atoms with E-state index in [1.54, 1.807) is 0 Å². The van der Waals surface area contributed by atoms with Crippen molar-refractivity contribution in [3.05, 3.63) is 45.2 Å². The van der Waals surface area contributed by atoms with Crippen LogP contribution < -0.4 is 5.32 Å². The van der Waals surface area contributed by atoms with Gasteiger partial charge < -0.3 is 5.32 Å². The van der Waals surface area contributed by atoms with Crippen LogP contribution in [0.2, 0.25) is 0 Å². The molecule has 0 aliphatic carbocycles. The predicted octanol–water partition coefficient (Wildman–Crippen LogP) is 5.92. The number of nitrogens with one attached hydrogen (secondary N) is 1. The molecule has 1 heterocycles. The molecule has 0 aliphatic heterocycles. The zero-order valence-corrected chi connectivity index (χ0v) is 17.4. The Morgan fingerprint density at radius 3 is 2.44 bits per heavy atom. The molecule has 134 valence electrons. The van der Waals surface area contributed by atoms with E-state index in [4.69, 9.17) is 0 Å². The van der Waals surface area contributed by atoms with Gasteiger partial charge in [0.25, 0.3) is 11.6 Å². The van der Waals surface area contributed by atoms with Gasteiger partial charge in [-0.1, -0.05) is 0 Å². The number of rotatable bonds is 3. The number of nitro benzene ring substituents is 1. The van der Waals surface area contributed by atoms with Crippen molar-refractivity contribution in [1.29, 1.82) is 0 Å². The number of aryl methyl sites for hydroxylation is 1. The van der Waals surface area contributed by atoms with Crippen molar-refractivity contribution in [2.45, 2.75) is 13.1 Å². The Labute approximate surface area is 167 Å². The van der Waals surface area contributed by atoms with Crippen molar-refractivity contribution < 1.29 is 22.9 Å². The number of thiazole rings is 1. The molecule has 0 aliphatic rings. The van der Waals surface area contributed by atoms with Crippen LogP contribution in [0, 0.1) is 17.0 Å². The first-order valence-electron chi connectivity index (χ1n) is 6.11. The van der Waals surface area contributed by atoms with Gasteiger partial charge in [0.05, 0.1) is 20.1 Å². The SMILES string of the molecule is Cc1nc(C(F)(F)F)c(C(=O)Nc2c(Br)cc(Br)c([N+](=O)[O-])c2Br)s1. The number of hydrogen-bond acceptors (Lipinski definition) is 5. The Bertz CT molecular complexity index is 886. The third-order valence-electron chi connectivity index (χ3n) is 2.78. The fourth-order valence-electron chi connectivity index (χ4n) is 1.81. The molecular formula is C12H5Br3F3N3O3S. The highest BCUT2D eigenvalue weighted by atomic mass is 79.9. The summed E-state index contributed by atoms with van der Waals surface area (Å²) in [6, 6.07) is 1.31. The summed E-state index contributed by atoms with van der Waals surface area (Å²) in [6.45, 7) is 1.34. The van der Waals surface area contributed by atoms with Gasteiger partial charge in [-0.25, -0.2) is 4.98 Å². The number of nitro groups is 1. The van der Waals surface area contributed by atoms with Gasteiger partial charge in [-0.05, 0) is 60.8 Å². The van der Waals surface area contributed by atoms with Gasteiger partial charge in [0.15, 0.2) is 5.69 Å². The predicted molar refractivity (Wildman–Crippen MR) is 96.0 cm³/mol. The Morgan fingerprint density at radius 1 is 1.32 bits per heavy atom. The normalized spacial score (nSPS) is 11.5. The maximum Gasteiger partial charge on any atom is 0.435 e. The number of aromatic nitrogens is 1. The molecule has 0 saturated carbocycles. The van der Waals surface area contributed by atoms with Crippen LogP contribution in [0.3, 0.4) is 0 Å². The highest BCUT2D eigenvalue weighted by molar-refractivity contribution is 9.11. The quantitative estimate of drug-likeness (QED) is 0.369.